The van der Waals surface area contributed by atoms with Crippen LogP contribution in [0.15, 0.2) is 23.1 Å². The summed E-state index contributed by atoms with van der Waals surface area (Å²) in [5, 5.41) is 9.82. The summed E-state index contributed by atoms with van der Waals surface area (Å²) in [5.41, 5.74) is -0.453. The highest BCUT2D eigenvalue weighted by atomic mass is 32.2. The SMILES string of the molecule is CC(C(=O)Nc1cc(C(=O)O)cc(S(C)(=O)=O)c1)S(C)(=O)=O. The van der Waals surface area contributed by atoms with Crippen LogP contribution >= 0.6 is 0 Å². The van der Waals surface area contributed by atoms with E-state index in [2.05, 4.69) is 5.32 Å². The molecular formula is C12H15NO7S2. The maximum Gasteiger partial charge on any atom is 0.335 e. The summed E-state index contributed by atoms with van der Waals surface area (Å²) in [6.45, 7) is 1.17. The standard InChI is InChI=1S/C12H15NO7S2/c1-7(21(2,17)18)11(14)13-9-4-8(12(15)16)5-10(6-9)22(3,19)20/h4-7H,1-3H3,(H,13,14)(H,15,16). The molecule has 0 aliphatic rings. The third kappa shape index (κ3) is 4.53. The van der Waals surface area contributed by atoms with Gasteiger partial charge < -0.3 is 10.4 Å². The quantitative estimate of drug-likeness (QED) is 0.773. The van der Waals surface area contributed by atoms with E-state index in [4.69, 9.17) is 5.11 Å². The molecule has 1 atom stereocenters. The lowest BCUT2D eigenvalue weighted by Gasteiger charge is -2.12. The Hall–Kier alpha value is -1.94. The first-order valence-electron chi connectivity index (χ1n) is 5.90. The van der Waals surface area contributed by atoms with E-state index in [0.29, 0.717) is 0 Å². The van der Waals surface area contributed by atoms with Crippen LogP contribution in [0.2, 0.25) is 0 Å². The zero-order valence-electron chi connectivity index (χ0n) is 12.0. The van der Waals surface area contributed by atoms with E-state index < -0.39 is 36.8 Å². The van der Waals surface area contributed by atoms with Gasteiger partial charge in [-0.05, 0) is 25.1 Å². The average molecular weight is 349 g/mol. The van der Waals surface area contributed by atoms with E-state index in [1.54, 1.807) is 0 Å². The summed E-state index contributed by atoms with van der Waals surface area (Å²) in [4.78, 5) is 22.5. The molecule has 0 saturated carbocycles. The molecule has 0 saturated heterocycles. The van der Waals surface area contributed by atoms with Gasteiger partial charge in [-0.15, -0.1) is 0 Å². The van der Waals surface area contributed by atoms with Crippen molar-refractivity contribution in [2.24, 2.45) is 0 Å². The van der Waals surface area contributed by atoms with Crippen molar-refractivity contribution in [1.82, 2.24) is 0 Å². The number of hydrogen-bond donors (Lipinski definition) is 2. The summed E-state index contributed by atoms with van der Waals surface area (Å²) in [7, 11) is -7.33. The molecule has 1 unspecified atom stereocenters. The van der Waals surface area contributed by atoms with Gasteiger partial charge in [0.05, 0.1) is 10.5 Å². The van der Waals surface area contributed by atoms with Crippen molar-refractivity contribution < 1.29 is 31.5 Å². The maximum absolute atomic E-state index is 11.8. The minimum atomic E-state index is -3.70. The third-order valence-corrected chi connectivity index (χ3v) is 5.45. The highest BCUT2D eigenvalue weighted by Gasteiger charge is 2.24. The van der Waals surface area contributed by atoms with E-state index in [1.807, 2.05) is 0 Å². The van der Waals surface area contributed by atoms with Gasteiger partial charge in [0.1, 0.15) is 5.25 Å². The Kier molecular flexibility index (Phi) is 4.98. The summed E-state index contributed by atoms with van der Waals surface area (Å²) in [5.74, 6) is -2.26. The number of aromatic carboxylic acids is 1. The highest BCUT2D eigenvalue weighted by molar-refractivity contribution is 7.92. The summed E-state index contributed by atoms with van der Waals surface area (Å²) >= 11 is 0. The van der Waals surface area contributed by atoms with Gasteiger partial charge in [-0.25, -0.2) is 21.6 Å². The van der Waals surface area contributed by atoms with Gasteiger partial charge in [0.2, 0.25) is 5.91 Å². The van der Waals surface area contributed by atoms with Crippen molar-refractivity contribution in [3.05, 3.63) is 23.8 Å². The fraction of sp³-hybridized carbons (Fsp3) is 0.333. The molecule has 2 N–H and O–H groups in total. The van der Waals surface area contributed by atoms with Gasteiger partial charge in [-0.1, -0.05) is 0 Å². The lowest BCUT2D eigenvalue weighted by molar-refractivity contribution is -0.115. The van der Waals surface area contributed by atoms with Gasteiger partial charge in [0, 0.05) is 18.2 Å². The molecule has 10 heteroatoms. The van der Waals surface area contributed by atoms with Crippen LogP contribution in [0.3, 0.4) is 0 Å². The molecule has 0 radical (unpaired) electrons. The molecule has 8 nitrogen and oxygen atoms in total. The maximum atomic E-state index is 11.8. The van der Waals surface area contributed by atoms with Crippen LogP contribution in [0.1, 0.15) is 17.3 Å². The number of carbonyl (C=O) groups is 2. The minimum Gasteiger partial charge on any atom is -0.478 e. The van der Waals surface area contributed by atoms with Gasteiger partial charge >= 0.3 is 5.97 Å². The topological polar surface area (TPSA) is 135 Å². The summed E-state index contributed by atoms with van der Waals surface area (Å²) in [6.07, 6.45) is 1.77. The molecule has 0 fully saturated rings. The first-order chi connectivity index (χ1) is 9.82. The van der Waals surface area contributed by atoms with E-state index >= 15 is 0 Å². The number of anilines is 1. The van der Waals surface area contributed by atoms with Crippen molar-refractivity contribution in [3.8, 4) is 0 Å². The number of rotatable bonds is 5. The minimum absolute atomic E-state index is 0.110. The number of sulfone groups is 2. The Bertz CT molecular complexity index is 825. The van der Waals surface area contributed by atoms with E-state index in [9.17, 15) is 26.4 Å². The molecule has 0 aliphatic heterocycles. The first-order valence-corrected chi connectivity index (χ1v) is 9.75. The number of carbonyl (C=O) groups excluding carboxylic acids is 1. The second-order valence-corrected chi connectivity index (χ2v) is 9.17. The Morgan fingerprint density at radius 3 is 2.05 bits per heavy atom. The fourth-order valence-corrected chi connectivity index (χ4v) is 2.58. The predicted octanol–water partition coefficient (Wildman–Crippen LogP) is 0.160. The second-order valence-electron chi connectivity index (χ2n) is 4.78. The predicted molar refractivity (Wildman–Crippen MR) is 79.4 cm³/mol. The molecule has 1 aromatic carbocycles. The molecular weight excluding hydrogens is 334 g/mol. The zero-order chi connectivity index (χ0) is 17.3. The lowest BCUT2D eigenvalue weighted by atomic mass is 10.2. The lowest BCUT2D eigenvalue weighted by Crippen LogP contribution is -2.31. The Labute approximate surface area is 128 Å². The van der Waals surface area contributed by atoms with Crippen molar-refractivity contribution in [2.45, 2.75) is 17.1 Å². The Balaban J connectivity index is 3.28. The number of carboxylic acid groups (broad SMARTS) is 1. The number of carboxylic acids is 1. The normalized spacial score (nSPS) is 13.4. The molecule has 1 amide bonds. The number of amides is 1. The van der Waals surface area contributed by atoms with Crippen molar-refractivity contribution in [3.63, 3.8) is 0 Å². The van der Waals surface area contributed by atoms with Crippen LogP contribution in [-0.2, 0) is 24.5 Å². The van der Waals surface area contributed by atoms with E-state index in [1.165, 1.54) is 6.92 Å². The van der Waals surface area contributed by atoms with Crippen LogP contribution in [-0.4, -0.2) is 51.6 Å². The number of benzene rings is 1. The molecule has 22 heavy (non-hydrogen) atoms. The molecule has 0 spiro atoms. The Morgan fingerprint density at radius 2 is 1.64 bits per heavy atom. The van der Waals surface area contributed by atoms with Crippen LogP contribution < -0.4 is 5.32 Å². The van der Waals surface area contributed by atoms with Crippen LogP contribution in [0.25, 0.3) is 0 Å². The van der Waals surface area contributed by atoms with E-state index in [0.717, 1.165) is 30.7 Å². The average Bonchev–Trinajstić information content (AvgIpc) is 2.35. The number of nitrogens with one attached hydrogen (secondary N) is 1. The highest BCUT2D eigenvalue weighted by Crippen LogP contribution is 2.20. The third-order valence-electron chi connectivity index (χ3n) is 2.86. The van der Waals surface area contributed by atoms with Gasteiger partial charge in [-0.3, -0.25) is 4.79 Å². The molecule has 0 bridgehead atoms. The van der Waals surface area contributed by atoms with Crippen LogP contribution in [0.5, 0.6) is 0 Å². The second kappa shape index (κ2) is 6.05. The van der Waals surface area contributed by atoms with Crippen LogP contribution in [0.4, 0.5) is 5.69 Å². The first kappa shape index (κ1) is 18.1. The van der Waals surface area contributed by atoms with Crippen molar-refractivity contribution in [2.75, 3.05) is 17.8 Å². The molecule has 1 aromatic rings. The van der Waals surface area contributed by atoms with E-state index in [-0.39, 0.29) is 16.1 Å². The van der Waals surface area contributed by atoms with Crippen molar-refractivity contribution in [1.29, 1.82) is 0 Å². The molecule has 1 rings (SSSR count). The molecule has 0 aromatic heterocycles. The summed E-state index contributed by atoms with van der Waals surface area (Å²) < 4.78 is 45.7. The molecule has 0 heterocycles. The van der Waals surface area contributed by atoms with Gasteiger partial charge in [-0.2, -0.15) is 0 Å². The molecule has 0 aliphatic carbocycles. The monoisotopic (exact) mass is 349 g/mol. The van der Waals surface area contributed by atoms with Gasteiger partial charge in [0.15, 0.2) is 19.7 Å². The van der Waals surface area contributed by atoms with Gasteiger partial charge in [0.25, 0.3) is 0 Å². The smallest absolute Gasteiger partial charge is 0.335 e. The molecule has 122 valence electrons. The Morgan fingerprint density at radius 1 is 1.09 bits per heavy atom. The zero-order valence-corrected chi connectivity index (χ0v) is 13.7. The largest absolute Gasteiger partial charge is 0.478 e. The van der Waals surface area contributed by atoms with Crippen LogP contribution in [0, 0.1) is 0 Å². The fourth-order valence-electron chi connectivity index (χ4n) is 1.45. The van der Waals surface area contributed by atoms with Crippen molar-refractivity contribution >= 4 is 37.2 Å². The number of hydrogen-bond acceptors (Lipinski definition) is 6. The summed E-state index contributed by atoms with van der Waals surface area (Å²) in [6, 6.07) is 3.06.